The summed E-state index contributed by atoms with van der Waals surface area (Å²) in [6.07, 6.45) is 0. The summed E-state index contributed by atoms with van der Waals surface area (Å²) in [6, 6.07) is 9.01. The van der Waals surface area contributed by atoms with Crippen LogP contribution in [0.4, 0.5) is 5.82 Å². The molecule has 0 unspecified atom stereocenters. The van der Waals surface area contributed by atoms with Crippen molar-refractivity contribution in [2.45, 2.75) is 13.8 Å². The van der Waals surface area contributed by atoms with Crippen molar-refractivity contribution in [1.29, 1.82) is 0 Å². The molecule has 1 heterocycles. The Bertz CT molecular complexity index is 696. The van der Waals surface area contributed by atoms with E-state index in [0.29, 0.717) is 17.3 Å². The minimum Gasteiger partial charge on any atom is -0.484 e. The van der Waals surface area contributed by atoms with Crippen LogP contribution in [-0.2, 0) is 9.59 Å². The molecule has 0 radical (unpaired) electrons. The van der Waals surface area contributed by atoms with Crippen LogP contribution in [0.15, 0.2) is 34.9 Å². The van der Waals surface area contributed by atoms with Crippen molar-refractivity contribution in [3.63, 3.8) is 0 Å². The van der Waals surface area contributed by atoms with E-state index in [0.717, 1.165) is 5.56 Å². The number of likely N-dealkylation sites (N-methyl/N-ethyl adjacent to an activating group) is 1. The van der Waals surface area contributed by atoms with Gasteiger partial charge in [0.2, 0.25) is 5.91 Å². The van der Waals surface area contributed by atoms with Crippen LogP contribution in [0.1, 0.15) is 11.3 Å². The van der Waals surface area contributed by atoms with Crippen molar-refractivity contribution in [3.8, 4) is 5.75 Å². The van der Waals surface area contributed by atoms with Crippen LogP contribution < -0.4 is 10.1 Å². The summed E-state index contributed by atoms with van der Waals surface area (Å²) in [5, 5.41) is 6.21. The van der Waals surface area contributed by atoms with Gasteiger partial charge in [0.15, 0.2) is 12.4 Å². The molecule has 1 aromatic carbocycles. The van der Waals surface area contributed by atoms with Crippen molar-refractivity contribution < 1.29 is 18.8 Å². The van der Waals surface area contributed by atoms with E-state index in [2.05, 4.69) is 10.5 Å². The Kier molecular flexibility index (Phi) is 5.35. The molecule has 0 saturated carbocycles. The van der Waals surface area contributed by atoms with E-state index in [1.165, 1.54) is 11.9 Å². The number of amides is 2. The average molecular weight is 317 g/mol. The third kappa shape index (κ3) is 5.14. The van der Waals surface area contributed by atoms with Gasteiger partial charge >= 0.3 is 0 Å². The quantitative estimate of drug-likeness (QED) is 0.877. The SMILES string of the molecule is Cc1cccc(OCC(=O)N(C)CC(=O)Nc2cc(C)on2)c1. The molecule has 7 heteroatoms. The first-order valence-electron chi connectivity index (χ1n) is 7.10. The highest BCUT2D eigenvalue weighted by molar-refractivity contribution is 5.93. The largest absolute Gasteiger partial charge is 0.484 e. The molecule has 122 valence electrons. The van der Waals surface area contributed by atoms with E-state index in [1.807, 2.05) is 25.1 Å². The van der Waals surface area contributed by atoms with Crippen LogP contribution in [0.3, 0.4) is 0 Å². The number of aromatic nitrogens is 1. The topological polar surface area (TPSA) is 84.7 Å². The second kappa shape index (κ2) is 7.44. The summed E-state index contributed by atoms with van der Waals surface area (Å²) in [5.74, 6) is 0.887. The molecule has 7 nitrogen and oxygen atoms in total. The zero-order valence-electron chi connectivity index (χ0n) is 13.3. The minimum absolute atomic E-state index is 0.0953. The number of ether oxygens (including phenoxy) is 1. The van der Waals surface area contributed by atoms with Gasteiger partial charge in [0.25, 0.3) is 5.91 Å². The molecule has 2 rings (SSSR count). The van der Waals surface area contributed by atoms with E-state index < -0.39 is 0 Å². The van der Waals surface area contributed by atoms with Gasteiger partial charge in [0.1, 0.15) is 11.5 Å². The molecule has 2 amide bonds. The van der Waals surface area contributed by atoms with Gasteiger partial charge in [-0.3, -0.25) is 9.59 Å². The van der Waals surface area contributed by atoms with E-state index in [9.17, 15) is 9.59 Å². The monoisotopic (exact) mass is 317 g/mol. The molecule has 0 aliphatic rings. The van der Waals surface area contributed by atoms with Crippen LogP contribution in [-0.4, -0.2) is 42.1 Å². The van der Waals surface area contributed by atoms with Crippen LogP contribution >= 0.6 is 0 Å². The third-order valence-corrected chi connectivity index (χ3v) is 3.05. The van der Waals surface area contributed by atoms with Crippen LogP contribution in [0.5, 0.6) is 5.75 Å². The fraction of sp³-hybridized carbons (Fsp3) is 0.312. The smallest absolute Gasteiger partial charge is 0.260 e. The average Bonchev–Trinajstić information content (AvgIpc) is 2.89. The Morgan fingerprint density at radius 3 is 2.74 bits per heavy atom. The molecule has 1 aromatic heterocycles. The Balaban J connectivity index is 1.79. The predicted octanol–water partition coefficient (Wildman–Crippen LogP) is 1.77. The summed E-state index contributed by atoms with van der Waals surface area (Å²) >= 11 is 0. The maximum Gasteiger partial charge on any atom is 0.260 e. The van der Waals surface area contributed by atoms with E-state index in [4.69, 9.17) is 9.26 Å². The molecule has 2 aromatic rings. The fourth-order valence-corrected chi connectivity index (χ4v) is 1.87. The Labute approximate surface area is 134 Å². The highest BCUT2D eigenvalue weighted by Gasteiger charge is 2.14. The zero-order valence-corrected chi connectivity index (χ0v) is 13.3. The molecule has 0 aliphatic carbocycles. The maximum atomic E-state index is 12.0. The van der Waals surface area contributed by atoms with Gasteiger partial charge in [0.05, 0.1) is 6.54 Å². The van der Waals surface area contributed by atoms with Crippen molar-refractivity contribution in [1.82, 2.24) is 10.1 Å². The molecule has 0 aliphatic heterocycles. The van der Waals surface area contributed by atoms with E-state index >= 15 is 0 Å². The molecule has 0 atom stereocenters. The summed E-state index contributed by atoms with van der Waals surface area (Å²) in [6.45, 7) is 3.44. The molecule has 1 N–H and O–H groups in total. The van der Waals surface area contributed by atoms with Gasteiger partial charge in [-0.15, -0.1) is 0 Å². The number of hydrogen-bond donors (Lipinski definition) is 1. The molecule has 0 bridgehead atoms. The lowest BCUT2D eigenvalue weighted by molar-refractivity contribution is -0.135. The number of nitrogens with zero attached hydrogens (tertiary/aromatic N) is 2. The summed E-state index contributed by atoms with van der Waals surface area (Å²) in [4.78, 5) is 25.1. The maximum absolute atomic E-state index is 12.0. The number of aryl methyl sites for hydroxylation is 2. The second-order valence-corrected chi connectivity index (χ2v) is 5.23. The number of hydrogen-bond acceptors (Lipinski definition) is 5. The predicted molar refractivity (Wildman–Crippen MR) is 84.2 cm³/mol. The van der Waals surface area contributed by atoms with Crippen molar-refractivity contribution >= 4 is 17.6 Å². The lowest BCUT2D eigenvalue weighted by atomic mass is 10.2. The van der Waals surface area contributed by atoms with Gasteiger partial charge in [0, 0.05) is 13.1 Å². The Hall–Kier alpha value is -2.83. The van der Waals surface area contributed by atoms with Crippen LogP contribution in [0.2, 0.25) is 0 Å². The lowest BCUT2D eigenvalue weighted by Crippen LogP contribution is -2.37. The first kappa shape index (κ1) is 16.5. The van der Waals surface area contributed by atoms with Gasteiger partial charge in [-0.25, -0.2) is 0 Å². The zero-order chi connectivity index (χ0) is 16.8. The normalized spacial score (nSPS) is 10.2. The van der Waals surface area contributed by atoms with Crippen molar-refractivity contribution in [2.24, 2.45) is 0 Å². The number of anilines is 1. The molecule has 0 spiro atoms. The summed E-state index contributed by atoms with van der Waals surface area (Å²) < 4.78 is 10.3. The molecular weight excluding hydrogens is 298 g/mol. The number of carbonyl (C=O) groups is 2. The third-order valence-electron chi connectivity index (χ3n) is 3.05. The minimum atomic E-state index is -0.357. The Morgan fingerprint density at radius 1 is 1.30 bits per heavy atom. The summed E-state index contributed by atoms with van der Waals surface area (Å²) in [7, 11) is 1.54. The molecule has 0 saturated heterocycles. The number of benzene rings is 1. The van der Waals surface area contributed by atoms with Gasteiger partial charge in [-0.2, -0.15) is 0 Å². The van der Waals surface area contributed by atoms with E-state index in [1.54, 1.807) is 19.1 Å². The van der Waals surface area contributed by atoms with Gasteiger partial charge in [-0.05, 0) is 31.5 Å². The molecular formula is C16H19N3O4. The number of nitrogens with one attached hydrogen (secondary N) is 1. The first-order chi connectivity index (χ1) is 10.9. The standard InChI is InChI=1S/C16H19N3O4/c1-11-5-4-6-13(7-11)22-10-16(21)19(3)9-15(20)17-14-8-12(2)23-18-14/h4-8H,9-10H2,1-3H3,(H,17,18,20). The van der Waals surface area contributed by atoms with E-state index in [-0.39, 0.29) is 25.0 Å². The fourth-order valence-electron chi connectivity index (χ4n) is 1.87. The van der Waals surface area contributed by atoms with Gasteiger partial charge in [-0.1, -0.05) is 17.3 Å². The van der Waals surface area contributed by atoms with Gasteiger partial charge < -0.3 is 19.5 Å². The van der Waals surface area contributed by atoms with Crippen LogP contribution in [0.25, 0.3) is 0 Å². The van der Waals surface area contributed by atoms with Crippen molar-refractivity contribution in [2.75, 3.05) is 25.5 Å². The summed E-state index contributed by atoms with van der Waals surface area (Å²) in [5.41, 5.74) is 1.05. The first-order valence-corrected chi connectivity index (χ1v) is 7.10. The van der Waals surface area contributed by atoms with Crippen molar-refractivity contribution in [3.05, 3.63) is 41.7 Å². The Morgan fingerprint density at radius 2 is 2.09 bits per heavy atom. The van der Waals surface area contributed by atoms with Crippen LogP contribution in [0, 0.1) is 13.8 Å². The highest BCUT2D eigenvalue weighted by Crippen LogP contribution is 2.12. The lowest BCUT2D eigenvalue weighted by Gasteiger charge is -2.16. The number of carbonyl (C=O) groups excluding carboxylic acids is 2. The highest BCUT2D eigenvalue weighted by atomic mass is 16.5. The second-order valence-electron chi connectivity index (χ2n) is 5.23. The number of rotatable bonds is 6. The molecule has 0 fully saturated rings. The molecule has 23 heavy (non-hydrogen) atoms.